The molecule has 0 saturated heterocycles. The fourth-order valence-electron chi connectivity index (χ4n) is 1.16. The molecule has 0 radical (unpaired) electrons. The zero-order valence-electron chi connectivity index (χ0n) is 8.64. The molecule has 0 fully saturated rings. The number of nitro groups is 1. The second-order valence-electron chi connectivity index (χ2n) is 3.38. The molecule has 15 heavy (non-hydrogen) atoms. The molecular weight excluding hydrogens is 214 g/mol. The third-order valence-corrected chi connectivity index (χ3v) is 2.84. The van der Waals surface area contributed by atoms with E-state index in [1.807, 2.05) is 13.8 Å². The van der Waals surface area contributed by atoms with E-state index >= 15 is 0 Å². The van der Waals surface area contributed by atoms with Crippen molar-refractivity contribution in [2.24, 2.45) is 0 Å². The van der Waals surface area contributed by atoms with Crippen molar-refractivity contribution >= 4 is 17.4 Å². The van der Waals surface area contributed by atoms with Gasteiger partial charge in [-0.1, -0.05) is 19.9 Å². The average Bonchev–Trinajstić information content (AvgIpc) is 2.17. The summed E-state index contributed by atoms with van der Waals surface area (Å²) < 4.78 is 0. The number of rotatable bonds is 4. The Balaban J connectivity index is 3.09. The smallest absolute Gasteiger partial charge is 0.283 e. The first kappa shape index (κ1) is 12.0. The Labute approximate surface area is 92.5 Å². The molecule has 0 bridgehead atoms. The van der Waals surface area contributed by atoms with Crippen LogP contribution >= 0.6 is 11.8 Å². The van der Waals surface area contributed by atoms with Crippen LogP contribution in [0.4, 0.5) is 5.69 Å². The Morgan fingerprint density at radius 3 is 2.67 bits per heavy atom. The SMILES string of the molecule is CC(C)Sc1ccc(CO)cc1[N+](=O)[O-]. The number of benzene rings is 1. The monoisotopic (exact) mass is 227 g/mol. The van der Waals surface area contributed by atoms with E-state index in [9.17, 15) is 10.1 Å². The predicted molar refractivity (Wildman–Crippen MR) is 60.0 cm³/mol. The highest BCUT2D eigenvalue weighted by molar-refractivity contribution is 8.00. The highest BCUT2D eigenvalue weighted by atomic mass is 32.2. The van der Waals surface area contributed by atoms with Gasteiger partial charge >= 0.3 is 0 Å². The summed E-state index contributed by atoms with van der Waals surface area (Å²) in [6.07, 6.45) is 0. The maximum absolute atomic E-state index is 10.8. The maximum Gasteiger partial charge on any atom is 0.283 e. The minimum absolute atomic E-state index is 0.0697. The average molecular weight is 227 g/mol. The lowest BCUT2D eigenvalue weighted by Crippen LogP contribution is -1.95. The second kappa shape index (κ2) is 5.14. The van der Waals surface area contributed by atoms with Crippen LogP contribution in [0.2, 0.25) is 0 Å². The Morgan fingerprint density at radius 1 is 1.53 bits per heavy atom. The molecule has 1 N–H and O–H groups in total. The summed E-state index contributed by atoms with van der Waals surface area (Å²) in [6.45, 7) is 3.79. The lowest BCUT2D eigenvalue weighted by atomic mass is 10.2. The van der Waals surface area contributed by atoms with E-state index in [1.165, 1.54) is 17.8 Å². The molecular formula is C10H13NO3S. The number of nitrogens with zero attached hydrogens (tertiary/aromatic N) is 1. The minimum atomic E-state index is -0.413. The Morgan fingerprint density at radius 2 is 2.20 bits per heavy atom. The number of hydrogen-bond donors (Lipinski definition) is 1. The maximum atomic E-state index is 10.8. The topological polar surface area (TPSA) is 63.4 Å². The summed E-state index contributed by atoms with van der Waals surface area (Å²) in [5, 5.41) is 20.0. The van der Waals surface area contributed by atoms with Crippen molar-refractivity contribution in [3.63, 3.8) is 0 Å². The molecule has 1 aromatic rings. The molecule has 0 spiro atoms. The van der Waals surface area contributed by atoms with E-state index in [2.05, 4.69) is 0 Å². The van der Waals surface area contributed by atoms with Crippen molar-refractivity contribution in [2.45, 2.75) is 30.6 Å². The second-order valence-corrected chi connectivity index (χ2v) is 5.00. The van der Waals surface area contributed by atoms with Crippen LogP contribution in [0.3, 0.4) is 0 Å². The van der Waals surface area contributed by atoms with Crippen LogP contribution in [-0.4, -0.2) is 15.3 Å². The van der Waals surface area contributed by atoms with Crippen LogP contribution in [-0.2, 0) is 6.61 Å². The van der Waals surface area contributed by atoms with Gasteiger partial charge in [0.1, 0.15) is 0 Å². The molecule has 5 heteroatoms. The molecule has 82 valence electrons. The van der Waals surface area contributed by atoms with Gasteiger partial charge in [0.2, 0.25) is 0 Å². The largest absolute Gasteiger partial charge is 0.392 e. The first-order valence-electron chi connectivity index (χ1n) is 4.59. The Hall–Kier alpha value is -1.07. The highest BCUT2D eigenvalue weighted by Gasteiger charge is 2.15. The third-order valence-electron chi connectivity index (χ3n) is 1.77. The molecule has 0 aliphatic heterocycles. The quantitative estimate of drug-likeness (QED) is 0.488. The van der Waals surface area contributed by atoms with Crippen LogP contribution < -0.4 is 0 Å². The van der Waals surface area contributed by atoms with E-state index in [-0.39, 0.29) is 12.3 Å². The molecule has 0 saturated carbocycles. The van der Waals surface area contributed by atoms with Gasteiger partial charge in [0.25, 0.3) is 5.69 Å². The number of thioether (sulfide) groups is 1. The van der Waals surface area contributed by atoms with Crippen LogP contribution in [0.15, 0.2) is 23.1 Å². The molecule has 0 aromatic heterocycles. The van der Waals surface area contributed by atoms with Gasteiger partial charge in [-0.3, -0.25) is 10.1 Å². The fraction of sp³-hybridized carbons (Fsp3) is 0.400. The normalized spacial score (nSPS) is 10.7. The molecule has 0 heterocycles. The molecule has 0 atom stereocenters. The summed E-state index contributed by atoms with van der Waals surface area (Å²) in [5.41, 5.74) is 0.634. The van der Waals surface area contributed by atoms with Crippen molar-refractivity contribution in [3.05, 3.63) is 33.9 Å². The molecule has 0 amide bonds. The van der Waals surface area contributed by atoms with Gasteiger partial charge < -0.3 is 5.11 Å². The van der Waals surface area contributed by atoms with Crippen molar-refractivity contribution in [2.75, 3.05) is 0 Å². The summed E-state index contributed by atoms with van der Waals surface area (Å²) in [6, 6.07) is 4.82. The summed E-state index contributed by atoms with van der Waals surface area (Å²) in [5.74, 6) is 0. The summed E-state index contributed by atoms with van der Waals surface area (Å²) >= 11 is 1.45. The van der Waals surface area contributed by atoms with Crippen LogP contribution in [0.25, 0.3) is 0 Å². The van der Waals surface area contributed by atoms with Crippen molar-refractivity contribution in [3.8, 4) is 0 Å². The van der Waals surface area contributed by atoms with Crippen LogP contribution in [0.1, 0.15) is 19.4 Å². The van der Waals surface area contributed by atoms with E-state index in [0.717, 1.165) is 0 Å². The van der Waals surface area contributed by atoms with Crippen molar-refractivity contribution in [1.29, 1.82) is 0 Å². The minimum Gasteiger partial charge on any atom is -0.392 e. The van der Waals surface area contributed by atoms with E-state index < -0.39 is 4.92 Å². The van der Waals surface area contributed by atoms with Gasteiger partial charge in [0.05, 0.1) is 16.4 Å². The Kier molecular flexibility index (Phi) is 4.11. The third kappa shape index (κ3) is 3.21. The molecule has 4 nitrogen and oxygen atoms in total. The fourth-order valence-corrected chi connectivity index (χ4v) is 2.07. The van der Waals surface area contributed by atoms with Gasteiger partial charge in [-0.2, -0.15) is 0 Å². The standard InChI is InChI=1S/C10H13NO3S/c1-7(2)15-10-4-3-8(6-12)5-9(10)11(13)14/h3-5,7,12H,6H2,1-2H3. The Bertz CT molecular complexity index is 366. The van der Waals surface area contributed by atoms with Crippen molar-refractivity contribution in [1.82, 2.24) is 0 Å². The number of hydrogen-bond acceptors (Lipinski definition) is 4. The molecule has 0 aliphatic carbocycles. The highest BCUT2D eigenvalue weighted by Crippen LogP contribution is 2.32. The van der Waals surface area contributed by atoms with Gasteiger partial charge in [0, 0.05) is 11.3 Å². The summed E-state index contributed by atoms with van der Waals surface area (Å²) in [7, 11) is 0. The summed E-state index contributed by atoms with van der Waals surface area (Å²) in [4.78, 5) is 11.0. The predicted octanol–water partition coefficient (Wildman–Crippen LogP) is 2.59. The lowest BCUT2D eigenvalue weighted by Gasteiger charge is -2.06. The lowest BCUT2D eigenvalue weighted by molar-refractivity contribution is -0.387. The molecule has 1 aromatic carbocycles. The van der Waals surface area contributed by atoms with Crippen LogP contribution in [0.5, 0.6) is 0 Å². The van der Waals surface area contributed by atoms with Crippen LogP contribution in [0, 0.1) is 10.1 Å². The van der Waals surface area contributed by atoms with Gasteiger partial charge in [-0.05, 0) is 11.6 Å². The van der Waals surface area contributed by atoms with E-state index in [0.29, 0.717) is 15.7 Å². The molecule has 1 rings (SSSR count). The zero-order valence-corrected chi connectivity index (χ0v) is 9.45. The van der Waals surface area contributed by atoms with E-state index in [1.54, 1.807) is 12.1 Å². The number of aliphatic hydroxyl groups excluding tert-OH is 1. The van der Waals surface area contributed by atoms with Gasteiger partial charge in [-0.25, -0.2) is 0 Å². The number of nitro benzene ring substituents is 1. The zero-order chi connectivity index (χ0) is 11.4. The van der Waals surface area contributed by atoms with Gasteiger partial charge in [0.15, 0.2) is 0 Å². The van der Waals surface area contributed by atoms with E-state index in [4.69, 9.17) is 5.11 Å². The first-order chi connectivity index (χ1) is 7.04. The first-order valence-corrected chi connectivity index (χ1v) is 5.47. The molecule has 0 unspecified atom stereocenters. The van der Waals surface area contributed by atoms with Gasteiger partial charge in [-0.15, -0.1) is 11.8 Å². The molecule has 0 aliphatic rings. The number of aliphatic hydroxyl groups is 1. The van der Waals surface area contributed by atoms with Crippen molar-refractivity contribution < 1.29 is 10.0 Å².